The first-order valence-corrected chi connectivity index (χ1v) is 5.96. The van der Waals surface area contributed by atoms with Gasteiger partial charge in [-0.3, -0.25) is 4.79 Å². The predicted octanol–water partition coefficient (Wildman–Crippen LogP) is -0.0506. The average molecular weight is 227 g/mol. The summed E-state index contributed by atoms with van der Waals surface area (Å²) < 4.78 is 1.41. The van der Waals surface area contributed by atoms with Gasteiger partial charge in [0.25, 0.3) is 5.91 Å². The van der Waals surface area contributed by atoms with Gasteiger partial charge < -0.3 is 14.6 Å². The van der Waals surface area contributed by atoms with Crippen molar-refractivity contribution in [1.82, 2.24) is 14.5 Å². The molecule has 15 heavy (non-hydrogen) atoms. The Morgan fingerprint density at radius 2 is 2.20 bits per heavy atom. The maximum Gasteiger partial charge on any atom is 0.273 e. The van der Waals surface area contributed by atoms with Gasteiger partial charge in [-0.15, -0.1) is 0 Å². The highest BCUT2D eigenvalue weighted by Gasteiger charge is 2.24. The number of hydrogen-bond acceptors (Lipinski definition) is 4. The molecule has 0 radical (unpaired) electrons. The molecule has 1 aliphatic rings. The molecule has 0 aromatic carbocycles. The average Bonchev–Trinajstić information content (AvgIpc) is 2.82. The van der Waals surface area contributed by atoms with Crippen LogP contribution in [0.25, 0.3) is 0 Å². The molecule has 1 aliphatic heterocycles. The van der Waals surface area contributed by atoms with E-state index in [1.807, 2.05) is 11.8 Å². The number of aliphatic hydroxyl groups is 1. The van der Waals surface area contributed by atoms with Gasteiger partial charge in [-0.25, -0.2) is 4.98 Å². The second-order valence-corrected chi connectivity index (χ2v) is 4.55. The third-order valence-corrected chi connectivity index (χ3v) is 3.29. The highest BCUT2D eigenvalue weighted by atomic mass is 32.2. The van der Waals surface area contributed by atoms with E-state index in [0.29, 0.717) is 0 Å². The van der Waals surface area contributed by atoms with E-state index in [9.17, 15) is 9.90 Å². The monoisotopic (exact) mass is 227 g/mol. The molecule has 82 valence electrons. The van der Waals surface area contributed by atoms with Crippen LogP contribution >= 0.6 is 11.8 Å². The quantitative estimate of drug-likeness (QED) is 0.769. The normalized spacial score (nSPS) is 18.9. The van der Waals surface area contributed by atoms with Crippen molar-refractivity contribution < 1.29 is 9.90 Å². The number of thioether (sulfide) groups is 1. The second kappa shape index (κ2) is 4.67. The molecule has 0 aliphatic carbocycles. The highest BCUT2D eigenvalue weighted by Crippen LogP contribution is 2.13. The molecule has 1 aromatic rings. The summed E-state index contributed by atoms with van der Waals surface area (Å²) in [6.07, 6.45) is 3.45. The molecule has 2 heterocycles. The summed E-state index contributed by atoms with van der Waals surface area (Å²) in [4.78, 5) is 17.3. The SMILES string of the molecule is O=C(C(O)n1ccnc1)N1CCSCC1. The van der Waals surface area contributed by atoms with E-state index in [1.165, 1.54) is 10.9 Å². The largest absolute Gasteiger partial charge is 0.365 e. The smallest absolute Gasteiger partial charge is 0.273 e. The Kier molecular flexibility index (Phi) is 3.27. The van der Waals surface area contributed by atoms with E-state index >= 15 is 0 Å². The van der Waals surface area contributed by atoms with Crippen LogP contribution in [0.1, 0.15) is 6.23 Å². The number of amides is 1. The first kappa shape index (κ1) is 10.5. The Bertz CT molecular complexity index is 322. The van der Waals surface area contributed by atoms with Gasteiger partial charge in [-0.1, -0.05) is 0 Å². The number of carbonyl (C=O) groups excluding carboxylic acids is 1. The second-order valence-electron chi connectivity index (χ2n) is 3.32. The molecule has 0 bridgehead atoms. The van der Waals surface area contributed by atoms with E-state index in [2.05, 4.69) is 4.98 Å². The van der Waals surface area contributed by atoms with Gasteiger partial charge in [-0.05, 0) is 0 Å². The lowest BCUT2D eigenvalue weighted by molar-refractivity contribution is -0.144. The Balaban J connectivity index is 2.00. The summed E-state index contributed by atoms with van der Waals surface area (Å²) in [6.45, 7) is 1.44. The molecular formula is C9H13N3O2S. The maximum absolute atomic E-state index is 11.8. The number of rotatable bonds is 2. The van der Waals surface area contributed by atoms with Gasteiger partial charge in [0.05, 0.1) is 6.33 Å². The molecule has 1 N–H and O–H groups in total. The maximum atomic E-state index is 11.8. The van der Waals surface area contributed by atoms with Crippen LogP contribution in [0.3, 0.4) is 0 Å². The molecule has 5 nitrogen and oxygen atoms in total. The molecule has 2 rings (SSSR count). The standard InChI is InChI=1S/C9H13N3O2S/c13-8(11-3-5-15-6-4-11)9(14)12-2-1-10-7-12/h1-2,7,9,14H,3-6H2. The minimum absolute atomic E-state index is 0.242. The van der Waals surface area contributed by atoms with Crippen LogP contribution in [0.4, 0.5) is 0 Å². The summed E-state index contributed by atoms with van der Waals surface area (Å²) in [6, 6.07) is 0. The zero-order chi connectivity index (χ0) is 10.7. The minimum Gasteiger partial charge on any atom is -0.365 e. The molecular weight excluding hydrogens is 214 g/mol. The molecule has 1 fully saturated rings. The van der Waals surface area contributed by atoms with Crippen molar-refractivity contribution in [2.24, 2.45) is 0 Å². The van der Waals surface area contributed by atoms with Crippen LogP contribution in [-0.2, 0) is 4.79 Å². The third-order valence-electron chi connectivity index (χ3n) is 2.35. The van der Waals surface area contributed by atoms with Gasteiger partial charge in [0.15, 0.2) is 0 Å². The fourth-order valence-corrected chi connectivity index (χ4v) is 2.39. The van der Waals surface area contributed by atoms with Crippen LogP contribution < -0.4 is 0 Å². The predicted molar refractivity (Wildman–Crippen MR) is 57.4 cm³/mol. The van der Waals surface area contributed by atoms with Crippen molar-refractivity contribution in [2.75, 3.05) is 24.6 Å². The number of aromatic nitrogens is 2. The summed E-state index contributed by atoms with van der Waals surface area (Å²) >= 11 is 1.83. The molecule has 1 amide bonds. The molecule has 0 spiro atoms. The van der Waals surface area contributed by atoms with Gasteiger partial charge >= 0.3 is 0 Å². The summed E-state index contributed by atoms with van der Waals surface area (Å²) in [5.41, 5.74) is 0. The Hall–Kier alpha value is -1.01. The first-order valence-electron chi connectivity index (χ1n) is 4.81. The van der Waals surface area contributed by atoms with E-state index in [4.69, 9.17) is 0 Å². The zero-order valence-electron chi connectivity index (χ0n) is 8.24. The van der Waals surface area contributed by atoms with Crippen LogP contribution in [0.15, 0.2) is 18.7 Å². The van der Waals surface area contributed by atoms with Gasteiger partial charge in [0.1, 0.15) is 0 Å². The molecule has 0 saturated carbocycles. The molecule has 1 atom stereocenters. The zero-order valence-corrected chi connectivity index (χ0v) is 9.06. The molecule has 1 unspecified atom stereocenters. The van der Waals surface area contributed by atoms with Crippen LogP contribution in [0.2, 0.25) is 0 Å². The summed E-state index contributed by atoms with van der Waals surface area (Å²) in [5.74, 6) is 1.65. The van der Waals surface area contributed by atoms with Crippen molar-refractivity contribution in [3.63, 3.8) is 0 Å². The lowest BCUT2D eigenvalue weighted by Gasteiger charge is -2.28. The lowest BCUT2D eigenvalue weighted by Crippen LogP contribution is -2.42. The minimum atomic E-state index is -1.13. The van der Waals surface area contributed by atoms with Gasteiger partial charge in [0.2, 0.25) is 6.23 Å². The van der Waals surface area contributed by atoms with Gasteiger partial charge in [0, 0.05) is 37.0 Å². The number of nitrogens with zero attached hydrogens (tertiary/aromatic N) is 3. The molecule has 1 aromatic heterocycles. The van der Waals surface area contributed by atoms with Gasteiger partial charge in [-0.2, -0.15) is 11.8 Å². The van der Waals surface area contributed by atoms with E-state index < -0.39 is 6.23 Å². The topological polar surface area (TPSA) is 58.4 Å². The van der Waals surface area contributed by atoms with Crippen molar-refractivity contribution in [3.05, 3.63) is 18.7 Å². The fraction of sp³-hybridized carbons (Fsp3) is 0.556. The van der Waals surface area contributed by atoms with Crippen molar-refractivity contribution in [2.45, 2.75) is 6.23 Å². The number of carbonyl (C=O) groups is 1. The van der Waals surface area contributed by atoms with Crippen molar-refractivity contribution >= 4 is 17.7 Å². The van der Waals surface area contributed by atoms with Crippen molar-refractivity contribution in [1.29, 1.82) is 0 Å². The Labute approximate surface area is 92.1 Å². The lowest BCUT2D eigenvalue weighted by atomic mass is 10.4. The number of imidazole rings is 1. The van der Waals surface area contributed by atoms with E-state index in [0.717, 1.165) is 24.6 Å². The van der Waals surface area contributed by atoms with Crippen LogP contribution in [0.5, 0.6) is 0 Å². The summed E-state index contributed by atoms with van der Waals surface area (Å²) in [5, 5.41) is 9.76. The molecule has 6 heteroatoms. The Morgan fingerprint density at radius 1 is 1.47 bits per heavy atom. The third kappa shape index (κ3) is 2.32. The first-order chi connectivity index (χ1) is 7.29. The van der Waals surface area contributed by atoms with E-state index in [1.54, 1.807) is 17.3 Å². The van der Waals surface area contributed by atoms with Crippen LogP contribution in [0, 0.1) is 0 Å². The fourth-order valence-electron chi connectivity index (χ4n) is 1.49. The molecule has 1 saturated heterocycles. The number of aliphatic hydroxyl groups excluding tert-OH is 1. The van der Waals surface area contributed by atoms with E-state index in [-0.39, 0.29) is 5.91 Å². The van der Waals surface area contributed by atoms with Crippen molar-refractivity contribution in [3.8, 4) is 0 Å². The summed E-state index contributed by atoms with van der Waals surface area (Å²) in [7, 11) is 0. The Morgan fingerprint density at radius 3 is 2.80 bits per heavy atom. The number of hydrogen-bond donors (Lipinski definition) is 1. The highest BCUT2D eigenvalue weighted by molar-refractivity contribution is 7.99. The van der Waals surface area contributed by atoms with Crippen LogP contribution in [-0.4, -0.2) is 50.1 Å².